The van der Waals surface area contributed by atoms with Gasteiger partial charge in [0.25, 0.3) is 11.6 Å². The number of anilines is 2. The minimum Gasteiger partial charge on any atom is -0.350 e. The molecule has 7 nitrogen and oxygen atoms in total. The SMILES string of the molecule is Cl.NCC1CCCCN1C(=O)c1ccc(Nc2ccccc2)c([N+](=O)[O-])c1. The number of nitrogens with one attached hydrogen (secondary N) is 1. The zero-order chi connectivity index (χ0) is 18.5. The number of amides is 1. The van der Waals surface area contributed by atoms with E-state index in [-0.39, 0.29) is 30.0 Å². The quantitative estimate of drug-likeness (QED) is 0.598. The summed E-state index contributed by atoms with van der Waals surface area (Å²) in [4.78, 5) is 25.6. The zero-order valence-corrected chi connectivity index (χ0v) is 15.7. The fourth-order valence-electron chi connectivity index (χ4n) is 3.28. The summed E-state index contributed by atoms with van der Waals surface area (Å²) in [6.45, 7) is 1.04. The summed E-state index contributed by atoms with van der Waals surface area (Å²) < 4.78 is 0. The molecule has 1 fully saturated rings. The van der Waals surface area contributed by atoms with Crippen LogP contribution in [0.4, 0.5) is 17.1 Å². The van der Waals surface area contributed by atoms with Crippen LogP contribution in [0.3, 0.4) is 0 Å². The number of piperidine rings is 1. The van der Waals surface area contributed by atoms with Gasteiger partial charge in [-0.2, -0.15) is 0 Å². The summed E-state index contributed by atoms with van der Waals surface area (Å²) in [7, 11) is 0. The largest absolute Gasteiger partial charge is 0.350 e. The van der Waals surface area contributed by atoms with Gasteiger partial charge in [0.1, 0.15) is 5.69 Å². The number of nitrogens with two attached hydrogens (primary N) is 1. The molecule has 2 aromatic rings. The first-order chi connectivity index (χ1) is 12.6. The highest BCUT2D eigenvalue weighted by Crippen LogP contribution is 2.30. The summed E-state index contributed by atoms with van der Waals surface area (Å²) in [6.07, 6.45) is 2.85. The van der Waals surface area contributed by atoms with E-state index in [0.29, 0.717) is 24.3 Å². The molecule has 2 aromatic carbocycles. The van der Waals surface area contributed by atoms with Crippen molar-refractivity contribution in [2.75, 3.05) is 18.4 Å². The van der Waals surface area contributed by atoms with Gasteiger partial charge in [-0.05, 0) is 43.5 Å². The molecule has 0 aliphatic carbocycles. The second-order valence-electron chi connectivity index (χ2n) is 6.36. The third-order valence-corrected chi connectivity index (χ3v) is 4.65. The molecule has 27 heavy (non-hydrogen) atoms. The Morgan fingerprint density at radius 1 is 1.22 bits per heavy atom. The van der Waals surface area contributed by atoms with Crippen LogP contribution in [0.1, 0.15) is 29.6 Å². The molecule has 3 rings (SSSR count). The molecular formula is C19H23ClN4O3. The number of benzene rings is 2. The zero-order valence-electron chi connectivity index (χ0n) is 14.8. The average Bonchev–Trinajstić information content (AvgIpc) is 2.68. The minimum atomic E-state index is -0.474. The van der Waals surface area contributed by atoms with Gasteiger partial charge in [-0.3, -0.25) is 14.9 Å². The van der Waals surface area contributed by atoms with Gasteiger partial charge < -0.3 is 16.0 Å². The van der Waals surface area contributed by atoms with Crippen molar-refractivity contribution in [2.45, 2.75) is 25.3 Å². The lowest BCUT2D eigenvalue weighted by Gasteiger charge is -2.35. The van der Waals surface area contributed by atoms with Gasteiger partial charge in [0.2, 0.25) is 0 Å². The molecular weight excluding hydrogens is 368 g/mol. The first-order valence-electron chi connectivity index (χ1n) is 8.71. The Bertz CT molecular complexity index is 801. The van der Waals surface area contributed by atoms with Crippen molar-refractivity contribution in [1.29, 1.82) is 0 Å². The van der Waals surface area contributed by atoms with Crippen molar-refractivity contribution >= 4 is 35.4 Å². The molecule has 0 bridgehead atoms. The number of carbonyl (C=O) groups excluding carboxylic acids is 1. The van der Waals surface area contributed by atoms with E-state index in [1.54, 1.807) is 17.0 Å². The van der Waals surface area contributed by atoms with Crippen molar-refractivity contribution in [3.63, 3.8) is 0 Å². The molecule has 0 radical (unpaired) electrons. The first kappa shape index (κ1) is 20.7. The number of nitrogens with zero attached hydrogens (tertiary/aromatic N) is 2. The molecule has 0 aromatic heterocycles. The molecule has 1 saturated heterocycles. The van der Waals surface area contributed by atoms with E-state index >= 15 is 0 Å². The highest BCUT2D eigenvalue weighted by Gasteiger charge is 2.28. The maximum absolute atomic E-state index is 12.8. The minimum absolute atomic E-state index is 0. The second-order valence-corrected chi connectivity index (χ2v) is 6.36. The van der Waals surface area contributed by atoms with Crippen LogP contribution < -0.4 is 11.1 Å². The van der Waals surface area contributed by atoms with Crippen molar-refractivity contribution < 1.29 is 9.72 Å². The Kier molecular flexibility index (Phi) is 7.15. The van der Waals surface area contributed by atoms with Crippen LogP contribution >= 0.6 is 12.4 Å². The van der Waals surface area contributed by atoms with E-state index < -0.39 is 4.92 Å². The number of rotatable bonds is 5. The summed E-state index contributed by atoms with van der Waals surface area (Å²) in [6, 6.07) is 13.7. The van der Waals surface area contributed by atoms with Crippen LogP contribution in [-0.4, -0.2) is 34.9 Å². The average molecular weight is 391 g/mol. The Labute approximate surface area is 164 Å². The topological polar surface area (TPSA) is 102 Å². The number of nitro groups is 1. The molecule has 1 amide bonds. The fraction of sp³-hybridized carbons (Fsp3) is 0.316. The highest BCUT2D eigenvalue weighted by atomic mass is 35.5. The van der Waals surface area contributed by atoms with Crippen molar-refractivity contribution in [2.24, 2.45) is 5.73 Å². The standard InChI is InChI=1S/C19H22N4O3.ClH/c20-13-16-8-4-5-11-22(16)19(24)14-9-10-17(18(12-14)23(25)26)21-15-6-2-1-3-7-15;/h1-3,6-7,9-10,12,16,21H,4-5,8,11,13,20H2;1H. The van der Waals surface area contributed by atoms with Gasteiger partial charge in [-0.15, -0.1) is 12.4 Å². The predicted octanol–water partition coefficient (Wildman–Crippen LogP) is 3.71. The molecule has 0 saturated carbocycles. The van der Waals surface area contributed by atoms with Gasteiger partial charge in [-0.25, -0.2) is 0 Å². The van der Waals surface area contributed by atoms with Crippen LogP contribution in [0, 0.1) is 10.1 Å². The highest BCUT2D eigenvalue weighted by molar-refractivity contribution is 5.96. The van der Waals surface area contributed by atoms with Crippen LogP contribution in [0.2, 0.25) is 0 Å². The molecule has 1 unspecified atom stereocenters. The third kappa shape index (κ3) is 4.75. The van der Waals surface area contributed by atoms with E-state index in [0.717, 1.165) is 24.9 Å². The van der Waals surface area contributed by atoms with Gasteiger partial charge in [-0.1, -0.05) is 18.2 Å². The number of para-hydroxylation sites is 1. The number of hydrogen-bond donors (Lipinski definition) is 2. The van der Waals surface area contributed by atoms with Gasteiger partial charge in [0, 0.05) is 36.4 Å². The normalized spacial score (nSPS) is 16.3. The molecule has 1 aliphatic heterocycles. The molecule has 1 atom stereocenters. The predicted molar refractivity (Wildman–Crippen MR) is 108 cm³/mol. The van der Waals surface area contributed by atoms with Crippen LogP contribution in [0.15, 0.2) is 48.5 Å². The number of halogens is 1. The first-order valence-corrected chi connectivity index (χ1v) is 8.71. The molecule has 8 heteroatoms. The maximum Gasteiger partial charge on any atom is 0.293 e. The molecule has 144 valence electrons. The Balaban J connectivity index is 0.00000261. The second kappa shape index (κ2) is 9.34. The van der Waals surface area contributed by atoms with Gasteiger partial charge in [0.15, 0.2) is 0 Å². The van der Waals surface area contributed by atoms with E-state index in [9.17, 15) is 14.9 Å². The van der Waals surface area contributed by atoms with Crippen molar-refractivity contribution in [3.8, 4) is 0 Å². The van der Waals surface area contributed by atoms with Gasteiger partial charge >= 0.3 is 0 Å². The lowest BCUT2D eigenvalue weighted by molar-refractivity contribution is -0.383. The van der Waals surface area contributed by atoms with Crippen LogP contribution in [0.25, 0.3) is 0 Å². The Morgan fingerprint density at radius 3 is 2.63 bits per heavy atom. The molecule has 1 heterocycles. The van der Waals surface area contributed by atoms with Crippen molar-refractivity contribution in [3.05, 3.63) is 64.2 Å². The smallest absolute Gasteiger partial charge is 0.293 e. The monoisotopic (exact) mass is 390 g/mol. The molecule has 1 aliphatic rings. The van der Waals surface area contributed by atoms with E-state index in [2.05, 4.69) is 5.32 Å². The number of likely N-dealkylation sites (tertiary alicyclic amines) is 1. The van der Waals surface area contributed by atoms with Crippen LogP contribution in [0.5, 0.6) is 0 Å². The van der Waals surface area contributed by atoms with E-state index in [1.807, 2.05) is 30.3 Å². The number of nitro benzene ring substituents is 1. The fourth-order valence-corrected chi connectivity index (χ4v) is 3.28. The summed E-state index contributed by atoms with van der Waals surface area (Å²) in [5.74, 6) is -0.200. The van der Waals surface area contributed by atoms with Crippen molar-refractivity contribution in [1.82, 2.24) is 4.90 Å². The lowest BCUT2D eigenvalue weighted by Crippen LogP contribution is -2.47. The Hall–Kier alpha value is -2.64. The van der Waals surface area contributed by atoms with E-state index in [1.165, 1.54) is 6.07 Å². The summed E-state index contributed by atoms with van der Waals surface area (Å²) in [5.41, 5.74) is 7.07. The number of hydrogen-bond acceptors (Lipinski definition) is 5. The van der Waals surface area contributed by atoms with Crippen LogP contribution in [-0.2, 0) is 0 Å². The summed E-state index contributed by atoms with van der Waals surface area (Å²) in [5, 5.41) is 14.5. The molecule has 3 N–H and O–H groups in total. The van der Waals surface area contributed by atoms with E-state index in [4.69, 9.17) is 5.73 Å². The van der Waals surface area contributed by atoms with Gasteiger partial charge in [0.05, 0.1) is 4.92 Å². The number of carbonyl (C=O) groups is 1. The maximum atomic E-state index is 12.8. The third-order valence-electron chi connectivity index (χ3n) is 4.65. The Morgan fingerprint density at radius 2 is 1.96 bits per heavy atom. The molecule has 0 spiro atoms. The lowest BCUT2D eigenvalue weighted by atomic mass is 10.0. The summed E-state index contributed by atoms with van der Waals surface area (Å²) >= 11 is 0.